The van der Waals surface area contributed by atoms with Crippen LogP contribution in [0.2, 0.25) is 5.02 Å². The van der Waals surface area contributed by atoms with E-state index in [1.807, 2.05) is 40.8 Å². The van der Waals surface area contributed by atoms with Crippen LogP contribution in [0.1, 0.15) is 12.7 Å². The minimum atomic E-state index is -0.201. The number of aromatic nitrogens is 4. The van der Waals surface area contributed by atoms with E-state index in [0.717, 1.165) is 5.82 Å². The van der Waals surface area contributed by atoms with Gasteiger partial charge in [-0.3, -0.25) is 9.47 Å². The van der Waals surface area contributed by atoms with Crippen LogP contribution in [0.3, 0.4) is 0 Å². The highest BCUT2D eigenvalue weighted by Gasteiger charge is 2.13. The van der Waals surface area contributed by atoms with Gasteiger partial charge < -0.3 is 5.32 Å². The molecule has 0 atom stereocenters. The maximum Gasteiger partial charge on any atom is 0.246 e. The quantitative estimate of drug-likeness (QED) is 0.709. The van der Waals surface area contributed by atoms with Crippen LogP contribution in [0.5, 0.6) is 0 Å². The summed E-state index contributed by atoms with van der Waals surface area (Å²) in [5, 5.41) is 7.88. The van der Waals surface area contributed by atoms with Crippen molar-refractivity contribution in [3.63, 3.8) is 0 Å². The molecule has 6 nitrogen and oxygen atoms in total. The number of aryl methyl sites for hydroxylation is 1. The minimum absolute atomic E-state index is 0.0444. The summed E-state index contributed by atoms with van der Waals surface area (Å²) in [5.41, 5.74) is 0.677. The second-order valence-electron chi connectivity index (χ2n) is 5.14. The SMILES string of the molecule is CCc1nn(CC(=O)Nc2ccc(Cl)cc2)c(=S)n1-n1cccc1. The number of halogens is 1. The Morgan fingerprint density at radius 3 is 2.54 bits per heavy atom. The first-order valence-corrected chi connectivity index (χ1v) is 8.25. The van der Waals surface area contributed by atoms with Crippen LogP contribution in [0.25, 0.3) is 0 Å². The van der Waals surface area contributed by atoms with Gasteiger partial charge in [0, 0.05) is 29.5 Å². The smallest absolute Gasteiger partial charge is 0.246 e. The van der Waals surface area contributed by atoms with Crippen LogP contribution >= 0.6 is 23.8 Å². The number of nitrogens with one attached hydrogen (secondary N) is 1. The van der Waals surface area contributed by atoms with E-state index in [4.69, 9.17) is 23.8 Å². The zero-order chi connectivity index (χ0) is 17.1. The van der Waals surface area contributed by atoms with E-state index >= 15 is 0 Å². The third-order valence-electron chi connectivity index (χ3n) is 3.44. The summed E-state index contributed by atoms with van der Waals surface area (Å²) in [6, 6.07) is 10.7. The fourth-order valence-corrected chi connectivity index (χ4v) is 2.76. The van der Waals surface area contributed by atoms with E-state index in [2.05, 4.69) is 10.4 Å². The second kappa shape index (κ2) is 7.02. The van der Waals surface area contributed by atoms with E-state index in [-0.39, 0.29) is 12.5 Å². The predicted octanol–water partition coefficient (Wildman–Crippen LogP) is 3.38. The number of anilines is 1. The van der Waals surface area contributed by atoms with Crippen LogP contribution in [0.4, 0.5) is 5.69 Å². The van der Waals surface area contributed by atoms with E-state index in [0.29, 0.717) is 21.9 Å². The molecule has 2 heterocycles. The highest BCUT2D eigenvalue weighted by atomic mass is 35.5. The Kier molecular flexibility index (Phi) is 4.82. The second-order valence-corrected chi connectivity index (χ2v) is 5.94. The van der Waals surface area contributed by atoms with Crippen LogP contribution in [0, 0.1) is 4.77 Å². The topological polar surface area (TPSA) is 56.8 Å². The summed E-state index contributed by atoms with van der Waals surface area (Å²) < 4.78 is 5.65. The molecular weight excluding hydrogens is 346 g/mol. The molecule has 0 spiro atoms. The number of benzene rings is 1. The van der Waals surface area contributed by atoms with E-state index < -0.39 is 0 Å². The maximum atomic E-state index is 12.2. The molecule has 0 unspecified atom stereocenters. The Hall–Kier alpha value is -2.38. The third kappa shape index (κ3) is 3.42. The van der Waals surface area contributed by atoms with E-state index in [9.17, 15) is 4.79 Å². The van der Waals surface area contributed by atoms with E-state index in [1.165, 1.54) is 4.68 Å². The first kappa shape index (κ1) is 16.5. The number of carbonyl (C=O) groups excluding carboxylic acids is 1. The van der Waals surface area contributed by atoms with Crippen LogP contribution in [0.15, 0.2) is 48.8 Å². The van der Waals surface area contributed by atoms with Crippen LogP contribution in [-0.2, 0) is 17.8 Å². The monoisotopic (exact) mass is 361 g/mol. The van der Waals surface area contributed by atoms with Gasteiger partial charge in [0.25, 0.3) is 0 Å². The average molecular weight is 362 g/mol. The fourth-order valence-electron chi connectivity index (χ4n) is 2.33. The lowest BCUT2D eigenvalue weighted by molar-refractivity contribution is -0.116. The number of rotatable bonds is 5. The van der Waals surface area contributed by atoms with Crippen LogP contribution in [-0.4, -0.2) is 25.0 Å². The normalized spacial score (nSPS) is 10.8. The number of hydrogen-bond donors (Lipinski definition) is 1. The number of carbonyl (C=O) groups is 1. The highest BCUT2D eigenvalue weighted by Crippen LogP contribution is 2.13. The summed E-state index contributed by atoms with van der Waals surface area (Å²) in [7, 11) is 0. The summed E-state index contributed by atoms with van der Waals surface area (Å²) >= 11 is 11.3. The molecule has 3 aromatic rings. The Bertz CT molecular complexity index is 896. The molecule has 24 heavy (non-hydrogen) atoms. The molecule has 0 fully saturated rings. The van der Waals surface area contributed by atoms with Crippen molar-refractivity contribution in [1.82, 2.24) is 19.1 Å². The van der Waals surface area contributed by atoms with Gasteiger partial charge in [0.05, 0.1) is 0 Å². The molecule has 2 aromatic heterocycles. The number of nitrogens with zero attached hydrogens (tertiary/aromatic N) is 4. The molecule has 1 amide bonds. The number of hydrogen-bond acceptors (Lipinski definition) is 3. The van der Waals surface area contributed by atoms with Crippen molar-refractivity contribution >= 4 is 35.4 Å². The van der Waals surface area contributed by atoms with Gasteiger partial charge in [0.2, 0.25) is 10.7 Å². The fraction of sp³-hybridized carbons (Fsp3) is 0.188. The lowest BCUT2D eigenvalue weighted by Gasteiger charge is -2.06. The molecule has 0 saturated heterocycles. The molecule has 0 aliphatic heterocycles. The van der Waals surface area contributed by atoms with Gasteiger partial charge in [-0.1, -0.05) is 18.5 Å². The summed E-state index contributed by atoms with van der Waals surface area (Å²) in [6.45, 7) is 2.04. The van der Waals surface area contributed by atoms with Gasteiger partial charge >= 0.3 is 0 Å². The lowest BCUT2D eigenvalue weighted by atomic mass is 10.3. The van der Waals surface area contributed by atoms with Crippen molar-refractivity contribution in [3.05, 3.63) is 64.4 Å². The molecule has 1 N–H and O–H groups in total. The first-order chi connectivity index (χ1) is 11.6. The molecular formula is C16H16ClN5OS. The molecule has 0 aliphatic carbocycles. The Labute approximate surface area is 149 Å². The highest BCUT2D eigenvalue weighted by molar-refractivity contribution is 7.71. The van der Waals surface area contributed by atoms with Crippen molar-refractivity contribution < 1.29 is 4.79 Å². The molecule has 0 bridgehead atoms. The summed E-state index contributed by atoms with van der Waals surface area (Å²) in [5.74, 6) is 0.587. The van der Waals surface area contributed by atoms with Crippen molar-refractivity contribution in [2.24, 2.45) is 0 Å². The Morgan fingerprint density at radius 1 is 1.25 bits per heavy atom. The molecule has 3 rings (SSSR count). The average Bonchev–Trinajstić information content (AvgIpc) is 3.18. The zero-order valence-corrected chi connectivity index (χ0v) is 14.6. The summed E-state index contributed by atoms with van der Waals surface area (Å²) in [4.78, 5) is 12.2. The summed E-state index contributed by atoms with van der Waals surface area (Å²) in [6.07, 6.45) is 4.47. The van der Waals surface area contributed by atoms with Gasteiger partial charge in [-0.25, -0.2) is 9.36 Å². The molecule has 124 valence electrons. The van der Waals surface area contributed by atoms with Gasteiger partial charge in [-0.15, -0.1) is 0 Å². The number of amides is 1. The standard InChI is InChI=1S/C16H16ClN5OS/c1-2-14-19-21(16(24)22(14)20-9-3-4-10-20)11-15(23)18-13-7-5-12(17)6-8-13/h3-10H,2,11H2,1H3,(H,18,23). The Morgan fingerprint density at radius 2 is 1.92 bits per heavy atom. The van der Waals surface area contributed by atoms with Gasteiger partial charge in [-0.05, 0) is 48.6 Å². The van der Waals surface area contributed by atoms with Crippen molar-refractivity contribution in [2.45, 2.75) is 19.9 Å². The predicted molar refractivity (Wildman–Crippen MR) is 95.7 cm³/mol. The van der Waals surface area contributed by atoms with Crippen molar-refractivity contribution in [2.75, 3.05) is 5.32 Å². The van der Waals surface area contributed by atoms with Crippen molar-refractivity contribution in [1.29, 1.82) is 0 Å². The van der Waals surface area contributed by atoms with E-state index in [1.54, 1.807) is 24.3 Å². The molecule has 0 aliphatic rings. The largest absolute Gasteiger partial charge is 0.324 e. The zero-order valence-electron chi connectivity index (χ0n) is 13.0. The van der Waals surface area contributed by atoms with Gasteiger partial charge in [0.15, 0.2) is 5.82 Å². The maximum absolute atomic E-state index is 12.2. The Balaban J connectivity index is 1.81. The lowest BCUT2D eigenvalue weighted by Crippen LogP contribution is -2.20. The van der Waals surface area contributed by atoms with Gasteiger partial charge in [0.1, 0.15) is 6.54 Å². The van der Waals surface area contributed by atoms with Gasteiger partial charge in [-0.2, -0.15) is 5.10 Å². The molecule has 0 radical (unpaired) electrons. The first-order valence-electron chi connectivity index (χ1n) is 7.46. The third-order valence-corrected chi connectivity index (χ3v) is 4.08. The molecule has 0 saturated carbocycles. The molecule has 1 aromatic carbocycles. The van der Waals surface area contributed by atoms with Crippen LogP contribution < -0.4 is 5.32 Å². The minimum Gasteiger partial charge on any atom is -0.324 e. The van der Waals surface area contributed by atoms with Crippen molar-refractivity contribution in [3.8, 4) is 0 Å². The molecule has 8 heteroatoms.